The van der Waals surface area contributed by atoms with Gasteiger partial charge >= 0.3 is 0 Å². The van der Waals surface area contributed by atoms with E-state index in [1.807, 2.05) is 25.1 Å². The summed E-state index contributed by atoms with van der Waals surface area (Å²) in [6, 6.07) is 8.39. The average Bonchev–Trinajstić information content (AvgIpc) is 2.54. The number of fused-ring (bicyclic) bond motifs is 1. The van der Waals surface area contributed by atoms with Crippen LogP contribution in [0.25, 0.3) is 0 Å². The molecule has 2 aromatic rings. The summed E-state index contributed by atoms with van der Waals surface area (Å²) in [6.07, 6.45) is 2.58. The zero-order valence-corrected chi connectivity index (χ0v) is 12.7. The summed E-state index contributed by atoms with van der Waals surface area (Å²) < 4.78 is 0. The zero-order chi connectivity index (χ0) is 16.4. The second-order valence-corrected chi connectivity index (χ2v) is 5.60. The van der Waals surface area contributed by atoms with Crippen molar-refractivity contribution >= 4 is 17.5 Å². The van der Waals surface area contributed by atoms with Crippen molar-refractivity contribution in [2.24, 2.45) is 0 Å². The first kappa shape index (κ1) is 15.0. The van der Waals surface area contributed by atoms with Gasteiger partial charge in [-0.05, 0) is 36.6 Å². The fraction of sp³-hybridized carbons (Fsp3) is 0.235. The van der Waals surface area contributed by atoms with E-state index in [0.29, 0.717) is 18.4 Å². The van der Waals surface area contributed by atoms with Crippen LogP contribution in [0, 0.1) is 0 Å². The van der Waals surface area contributed by atoms with Crippen molar-refractivity contribution in [2.75, 3.05) is 5.32 Å². The third kappa shape index (κ3) is 3.31. The van der Waals surface area contributed by atoms with Crippen LogP contribution in [0.4, 0.5) is 5.69 Å². The molecule has 0 spiro atoms. The number of nitrogens with one attached hydrogen (secondary N) is 3. The van der Waals surface area contributed by atoms with Crippen LogP contribution < -0.4 is 16.2 Å². The van der Waals surface area contributed by atoms with E-state index in [1.54, 1.807) is 0 Å². The standard InChI is InChI=1S/C17H17N3O3/c1-10(19-17(23)13-4-6-15(21)18-9-13)11-2-5-14-12(8-11)3-7-16(22)20-14/h2,4-6,8-10H,3,7H2,1H3,(H,18,21)(H,19,23)(H,20,22). The molecule has 2 heterocycles. The Morgan fingerprint density at radius 3 is 2.74 bits per heavy atom. The molecule has 1 aromatic heterocycles. The van der Waals surface area contributed by atoms with Crippen LogP contribution in [0.15, 0.2) is 41.3 Å². The van der Waals surface area contributed by atoms with E-state index in [1.165, 1.54) is 18.3 Å². The lowest BCUT2D eigenvalue weighted by Gasteiger charge is -2.20. The molecular weight excluding hydrogens is 294 g/mol. The zero-order valence-electron chi connectivity index (χ0n) is 12.7. The number of anilines is 1. The summed E-state index contributed by atoms with van der Waals surface area (Å²) in [6.45, 7) is 1.90. The molecule has 0 radical (unpaired) electrons. The topological polar surface area (TPSA) is 91.1 Å². The highest BCUT2D eigenvalue weighted by Gasteiger charge is 2.17. The van der Waals surface area contributed by atoms with E-state index in [4.69, 9.17) is 0 Å². The van der Waals surface area contributed by atoms with Crippen molar-refractivity contribution in [3.8, 4) is 0 Å². The van der Waals surface area contributed by atoms with Gasteiger partial charge in [-0.25, -0.2) is 0 Å². The third-order valence-electron chi connectivity index (χ3n) is 3.92. The minimum atomic E-state index is -0.250. The number of aromatic amines is 1. The smallest absolute Gasteiger partial charge is 0.253 e. The van der Waals surface area contributed by atoms with Crippen LogP contribution in [0.1, 0.15) is 40.9 Å². The minimum Gasteiger partial charge on any atom is -0.345 e. The van der Waals surface area contributed by atoms with Gasteiger partial charge in [-0.2, -0.15) is 0 Å². The van der Waals surface area contributed by atoms with Crippen LogP contribution >= 0.6 is 0 Å². The molecule has 1 unspecified atom stereocenters. The van der Waals surface area contributed by atoms with Crippen LogP contribution in [0.2, 0.25) is 0 Å². The predicted molar refractivity (Wildman–Crippen MR) is 86.3 cm³/mol. The molecule has 6 nitrogen and oxygen atoms in total. The molecular formula is C17H17N3O3. The number of hydrogen-bond donors (Lipinski definition) is 3. The molecule has 6 heteroatoms. The largest absolute Gasteiger partial charge is 0.345 e. The molecule has 0 saturated heterocycles. The summed E-state index contributed by atoms with van der Waals surface area (Å²) in [5, 5.41) is 5.74. The lowest BCUT2D eigenvalue weighted by atomic mass is 9.97. The van der Waals surface area contributed by atoms with E-state index in [2.05, 4.69) is 15.6 Å². The Morgan fingerprint density at radius 2 is 2.00 bits per heavy atom. The third-order valence-corrected chi connectivity index (χ3v) is 3.92. The molecule has 1 aromatic carbocycles. The SMILES string of the molecule is CC(NC(=O)c1ccc(=O)[nH]c1)c1ccc2c(c1)CCC(=O)N2. The van der Waals surface area contributed by atoms with Gasteiger partial charge in [0.1, 0.15) is 0 Å². The highest BCUT2D eigenvalue weighted by atomic mass is 16.2. The summed E-state index contributed by atoms with van der Waals surface area (Å²) in [5.74, 6) is -0.218. The van der Waals surface area contributed by atoms with E-state index in [-0.39, 0.29) is 23.4 Å². The summed E-state index contributed by atoms with van der Waals surface area (Å²) in [7, 11) is 0. The second-order valence-electron chi connectivity index (χ2n) is 5.60. The average molecular weight is 311 g/mol. The monoisotopic (exact) mass is 311 g/mol. The van der Waals surface area contributed by atoms with E-state index < -0.39 is 0 Å². The molecule has 1 aliphatic rings. The Morgan fingerprint density at radius 1 is 1.17 bits per heavy atom. The highest BCUT2D eigenvalue weighted by molar-refractivity contribution is 5.94. The molecule has 1 atom stereocenters. The molecule has 0 fully saturated rings. The number of carbonyl (C=O) groups excluding carboxylic acids is 2. The first-order valence-electron chi connectivity index (χ1n) is 7.45. The van der Waals surface area contributed by atoms with Crippen molar-refractivity contribution in [3.05, 3.63) is 63.6 Å². The van der Waals surface area contributed by atoms with E-state index >= 15 is 0 Å². The fourth-order valence-corrected chi connectivity index (χ4v) is 2.59. The number of benzene rings is 1. The molecule has 3 rings (SSSR count). The lowest BCUT2D eigenvalue weighted by molar-refractivity contribution is -0.116. The molecule has 118 valence electrons. The van der Waals surface area contributed by atoms with Gasteiger partial charge in [0.05, 0.1) is 11.6 Å². The number of aryl methyl sites for hydroxylation is 1. The normalized spacial score (nSPS) is 14.6. The number of hydrogen-bond acceptors (Lipinski definition) is 3. The van der Waals surface area contributed by atoms with Gasteiger partial charge < -0.3 is 15.6 Å². The Balaban J connectivity index is 1.74. The molecule has 0 aliphatic carbocycles. The Bertz CT molecular complexity index is 806. The quantitative estimate of drug-likeness (QED) is 0.806. The first-order valence-corrected chi connectivity index (χ1v) is 7.45. The first-order chi connectivity index (χ1) is 11.0. The van der Waals surface area contributed by atoms with Crippen LogP contribution in [-0.4, -0.2) is 16.8 Å². The number of aromatic nitrogens is 1. The number of H-pyrrole nitrogens is 1. The Labute approximate surface area is 132 Å². The number of amides is 2. The number of pyridine rings is 1. The van der Waals surface area contributed by atoms with Crippen LogP contribution in [0.5, 0.6) is 0 Å². The van der Waals surface area contributed by atoms with Gasteiger partial charge in [-0.3, -0.25) is 14.4 Å². The summed E-state index contributed by atoms with van der Waals surface area (Å²) >= 11 is 0. The Kier molecular flexibility index (Phi) is 3.97. The second kappa shape index (κ2) is 6.08. The Hall–Kier alpha value is -2.89. The molecule has 0 bridgehead atoms. The fourth-order valence-electron chi connectivity index (χ4n) is 2.59. The van der Waals surface area contributed by atoms with Crippen molar-refractivity contribution in [1.82, 2.24) is 10.3 Å². The molecule has 1 aliphatic heterocycles. The summed E-state index contributed by atoms with van der Waals surface area (Å²) in [4.78, 5) is 37.1. The van der Waals surface area contributed by atoms with Crippen molar-refractivity contribution < 1.29 is 9.59 Å². The maximum atomic E-state index is 12.2. The van der Waals surface area contributed by atoms with Gasteiger partial charge in [0.15, 0.2) is 0 Å². The molecule has 3 N–H and O–H groups in total. The highest BCUT2D eigenvalue weighted by Crippen LogP contribution is 2.26. The number of carbonyl (C=O) groups is 2. The van der Waals surface area contributed by atoms with Gasteiger partial charge in [-0.15, -0.1) is 0 Å². The van der Waals surface area contributed by atoms with E-state index in [9.17, 15) is 14.4 Å². The number of rotatable bonds is 3. The molecule has 0 saturated carbocycles. The maximum Gasteiger partial charge on any atom is 0.253 e. The summed E-state index contributed by atoms with van der Waals surface area (Å²) in [5.41, 5.74) is 3.04. The van der Waals surface area contributed by atoms with E-state index in [0.717, 1.165) is 16.8 Å². The van der Waals surface area contributed by atoms with Gasteiger partial charge in [-0.1, -0.05) is 12.1 Å². The van der Waals surface area contributed by atoms with Gasteiger partial charge in [0, 0.05) is 24.4 Å². The van der Waals surface area contributed by atoms with Gasteiger partial charge in [0.2, 0.25) is 11.5 Å². The van der Waals surface area contributed by atoms with Crippen molar-refractivity contribution in [1.29, 1.82) is 0 Å². The maximum absolute atomic E-state index is 12.2. The van der Waals surface area contributed by atoms with Crippen molar-refractivity contribution in [3.63, 3.8) is 0 Å². The van der Waals surface area contributed by atoms with Gasteiger partial charge in [0.25, 0.3) is 5.91 Å². The molecule has 2 amide bonds. The van der Waals surface area contributed by atoms with Crippen LogP contribution in [-0.2, 0) is 11.2 Å². The minimum absolute atomic E-state index is 0.0321. The predicted octanol–water partition coefficient (Wildman–Crippen LogP) is 1.75. The molecule has 23 heavy (non-hydrogen) atoms. The van der Waals surface area contributed by atoms with Crippen molar-refractivity contribution in [2.45, 2.75) is 25.8 Å². The lowest BCUT2D eigenvalue weighted by Crippen LogP contribution is -2.27. The van der Waals surface area contributed by atoms with Crippen LogP contribution in [0.3, 0.4) is 0 Å².